The zero-order chi connectivity index (χ0) is 20.1. The van der Waals surface area contributed by atoms with E-state index in [4.69, 9.17) is 17.0 Å². The lowest BCUT2D eigenvalue weighted by Crippen LogP contribution is -3.14. The molecule has 1 aromatic rings. The minimum absolute atomic E-state index is 0.0326. The van der Waals surface area contributed by atoms with Crippen molar-refractivity contribution in [2.45, 2.75) is 32.7 Å². The van der Waals surface area contributed by atoms with Crippen LogP contribution in [0.5, 0.6) is 0 Å². The summed E-state index contributed by atoms with van der Waals surface area (Å²) in [6.45, 7) is 9.74. The highest BCUT2D eigenvalue weighted by Gasteiger charge is 2.33. The van der Waals surface area contributed by atoms with Crippen LogP contribution in [-0.2, 0) is 14.6 Å². The minimum Gasteiger partial charge on any atom is -0.370 e. The van der Waals surface area contributed by atoms with Crippen molar-refractivity contribution in [3.05, 3.63) is 29.3 Å². The third kappa shape index (κ3) is 5.65. The Morgan fingerprint density at radius 3 is 2.75 bits per heavy atom. The van der Waals surface area contributed by atoms with Gasteiger partial charge in [0.15, 0.2) is 14.9 Å². The molecule has 156 valence electrons. The predicted molar refractivity (Wildman–Crippen MR) is 117 cm³/mol. The fourth-order valence-corrected chi connectivity index (χ4v) is 6.04. The van der Waals surface area contributed by atoms with Crippen LogP contribution in [0.2, 0.25) is 0 Å². The van der Waals surface area contributed by atoms with E-state index in [2.05, 4.69) is 30.1 Å². The van der Waals surface area contributed by atoms with Gasteiger partial charge >= 0.3 is 0 Å². The molecule has 0 saturated carbocycles. The van der Waals surface area contributed by atoms with Crippen LogP contribution in [0.4, 0.5) is 5.69 Å². The van der Waals surface area contributed by atoms with Crippen molar-refractivity contribution in [3.8, 4) is 0 Å². The molecule has 0 bridgehead atoms. The van der Waals surface area contributed by atoms with Crippen LogP contribution < -0.4 is 10.2 Å². The number of thiocarbonyl (C=S) groups is 1. The second-order valence-electron chi connectivity index (χ2n) is 7.89. The van der Waals surface area contributed by atoms with Gasteiger partial charge in [-0.2, -0.15) is 0 Å². The molecule has 0 aromatic heterocycles. The number of nitrogens with zero attached hydrogens (tertiary/aromatic N) is 1. The quantitative estimate of drug-likeness (QED) is 0.656. The van der Waals surface area contributed by atoms with Crippen molar-refractivity contribution < 1.29 is 18.1 Å². The lowest BCUT2D eigenvalue weighted by Gasteiger charge is -2.32. The van der Waals surface area contributed by atoms with Gasteiger partial charge in [-0.3, -0.25) is 0 Å². The van der Waals surface area contributed by atoms with Gasteiger partial charge in [-0.25, -0.2) is 8.42 Å². The van der Waals surface area contributed by atoms with E-state index in [1.807, 2.05) is 12.1 Å². The van der Waals surface area contributed by atoms with Crippen molar-refractivity contribution in [1.29, 1.82) is 0 Å². The van der Waals surface area contributed by atoms with Gasteiger partial charge in [-0.15, -0.1) is 0 Å². The van der Waals surface area contributed by atoms with Crippen LogP contribution >= 0.6 is 12.2 Å². The fourth-order valence-electron chi connectivity index (χ4n) is 3.95. The molecular formula is C20H32N3O3S2+. The lowest BCUT2D eigenvalue weighted by molar-refractivity contribution is -0.908. The molecule has 0 aliphatic carbocycles. The number of hydrogen-bond donors (Lipinski definition) is 2. The first-order chi connectivity index (χ1) is 13.4. The molecule has 6 nitrogen and oxygen atoms in total. The zero-order valence-electron chi connectivity index (χ0n) is 16.9. The monoisotopic (exact) mass is 426 g/mol. The van der Waals surface area contributed by atoms with Crippen LogP contribution in [0.25, 0.3) is 0 Å². The van der Waals surface area contributed by atoms with E-state index >= 15 is 0 Å². The number of sulfone groups is 1. The molecule has 1 atom stereocenters. The number of anilines is 1. The Hall–Kier alpha value is -1.22. The molecule has 0 radical (unpaired) electrons. The summed E-state index contributed by atoms with van der Waals surface area (Å²) in [5.74, 6) is 0.459. The molecule has 2 heterocycles. The summed E-state index contributed by atoms with van der Waals surface area (Å²) in [6, 6.07) is 6.08. The van der Waals surface area contributed by atoms with Gasteiger partial charge < -0.3 is 19.9 Å². The van der Waals surface area contributed by atoms with Crippen molar-refractivity contribution >= 4 is 32.9 Å². The third-order valence-corrected chi connectivity index (χ3v) is 7.97. The number of hydrogen-bond acceptors (Lipinski definition) is 4. The van der Waals surface area contributed by atoms with Crippen LogP contribution in [-0.4, -0.2) is 75.4 Å². The number of quaternary nitrogens is 1. The molecule has 2 saturated heterocycles. The first-order valence-corrected chi connectivity index (χ1v) is 12.3. The largest absolute Gasteiger partial charge is 0.370 e. The molecule has 0 unspecified atom stereocenters. The summed E-state index contributed by atoms with van der Waals surface area (Å²) in [4.78, 5) is 3.67. The zero-order valence-corrected chi connectivity index (χ0v) is 18.5. The molecule has 1 aromatic carbocycles. The van der Waals surface area contributed by atoms with Gasteiger partial charge in [0.25, 0.3) is 0 Å². The molecule has 2 N–H and O–H groups in total. The van der Waals surface area contributed by atoms with Crippen LogP contribution in [0.1, 0.15) is 24.0 Å². The molecule has 2 aliphatic heterocycles. The molecule has 0 spiro atoms. The van der Waals surface area contributed by atoms with E-state index in [1.54, 1.807) is 4.90 Å². The SMILES string of the molecule is Cc1cccc(NC(=S)N(CCC[NH+]2CCOCC2)[C@H]2CCS(=O)(=O)C2)c1C. The Morgan fingerprint density at radius 1 is 1.32 bits per heavy atom. The summed E-state index contributed by atoms with van der Waals surface area (Å²) in [6.07, 6.45) is 1.64. The Bertz CT molecular complexity index is 792. The van der Waals surface area contributed by atoms with Crippen LogP contribution in [0, 0.1) is 13.8 Å². The third-order valence-electron chi connectivity index (χ3n) is 5.89. The van der Waals surface area contributed by atoms with Gasteiger partial charge in [0, 0.05) is 24.7 Å². The van der Waals surface area contributed by atoms with Gasteiger partial charge in [0.1, 0.15) is 13.1 Å². The van der Waals surface area contributed by atoms with Crippen molar-refractivity contribution in [2.75, 3.05) is 56.2 Å². The smallest absolute Gasteiger partial charge is 0.173 e. The average molecular weight is 427 g/mol. The summed E-state index contributed by atoms with van der Waals surface area (Å²) < 4.78 is 29.5. The van der Waals surface area contributed by atoms with Crippen molar-refractivity contribution in [2.24, 2.45) is 0 Å². The number of ether oxygens (including phenoxy) is 1. The maximum Gasteiger partial charge on any atom is 0.173 e. The Kier molecular flexibility index (Phi) is 7.31. The topological polar surface area (TPSA) is 63.1 Å². The average Bonchev–Trinajstić information content (AvgIpc) is 3.03. The summed E-state index contributed by atoms with van der Waals surface area (Å²) in [5.41, 5.74) is 3.37. The fraction of sp³-hybridized carbons (Fsp3) is 0.650. The summed E-state index contributed by atoms with van der Waals surface area (Å²) >= 11 is 5.73. The normalized spacial score (nSPS) is 22.1. The van der Waals surface area contributed by atoms with Gasteiger partial charge in [0.05, 0.1) is 31.3 Å². The Morgan fingerprint density at radius 2 is 2.07 bits per heavy atom. The Labute approximate surface area is 174 Å². The van der Waals surface area contributed by atoms with Crippen LogP contribution in [0.15, 0.2) is 18.2 Å². The van der Waals surface area contributed by atoms with Crippen LogP contribution in [0.3, 0.4) is 0 Å². The van der Waals surface area contributed by atoms with E-state index in [0.717, 1.165) is 51.5 Å². The number of aryl methyl sites for hydroxylation is 1. The molecule has 3 rings (SSSR count). The van der Waals surface area contributed by atoms with Crippen molar-refractivity contribution in [3.63, 3.8) is 0 Å². The minimum atomic E-state index is -2.96. The van der Waals surface area contributed by atoms with E-state index in [9.17, 15) is 8.42 Å². The second kappa shape index (κ2) is 9.52. The maximum atomic E-state index is 12.0. The summed E-state index contributed by atoms with van der Waals surface area (Å²) in [7, 11) is -2.96. The molecule has 8 heteroatoms. The molecule has 2 aliphatic rings. The van der Waals surface area contributed by atoms with E-state index in [0.29, 0.717) is 11.5 Å². The molecular weight excluding hydrogens is 394 g/mol. The highest BCUT2D eigenvalue weighted by atomic mass is 32.2. The predicted octanol–water partition coefficient (Wildman–Crippen LogP) is 0.795. The molecule has 0 amide bonds. The van der Waals surface area contributed by atoms with E-state index < -0.39 is 9.84 Å². The lowest BCUT2D eigenvalue weighted by atomic mass is 10.1. The highest BCUT2D eigenvalue weighted by Crippen LogP contribution is 2.22. The number of nitrogens with one attached hydrogen (secondary N) is 2. The number of morpholine rings is 1. The molecule has 2 fully saturated rings. The molecule has 28 heavy (non-hydrogen) atoms. The van der Waals surface area contributed by atoms with Gasteiger partial charge in [-0.05, 0) is 49.7 Å². The first-order valence-electron chi connectivity index (χ1n) is 10.1. The maximum absolute atomic E-state index is 12.0. The van der Waals surface area contributed by atoms with Crippen molar-refractivity contribution in [1.82, 2.24) is 4.90 Å². The number of rotatable bonds is 6. The van der Waals surface area contributed by atoms with E-state index in [-0.39, 0.29) is 17.5 Å². The van der Waals surface area contributed by atoms with Gasteiger partial charge in [0.2, 0.25) is 0 Å². The highest BCUT2D eigenvalue weighted by molar-refractivity contribution is 7.91. The standard InChI is InChI=1S/C20H31N3O3S2/c1-16-5-3-6-19(17(16)2)21-20(27)23(18-7-14-28(24,25)15-18)9-4-8-22-10-12-26-13-11-22/h3,5-6,18H,4,7-15H2,1-2H3,(H,21,27)/p+1/t18-/m0/s1. The van der Waals surface area contributed by atoms with E-state index in [1.165, 1.54) is 11.1 Å². The Balaban J connectivity index is 1.66. The second-order valence-corrected chi connectivity index (χ2v) is 10.5. The number of benzene rings is 1. The van der Waals surface area contributed by atoms with Gasteiger partial charge in [-0.1, -0.05) is 12.1 Å². The summed E-state index contributed by atoms with van der Waals surface area (Å²) in [5, 5.41) is 4.01. The first kappa shape index (κ1) is 21.5.